The van der Waals surface area contributed by atoms with Crippen LogP contribution in [-0.4, -0.2) is 56.4 Å². The number of aromatic nitrogens is 6. The molecule has 0 saturated carbocycles. The molecular formula is C31H24N8O5. The quantitative estimate of drug-likeness (QED) is 0.239. The van der Waals surface area contributed by atoms with E-state index < -0.39 is 12.5 Å². The van der Waals surface area contributed by atoms with Gasteiger partial charge in [0.25, 0.3) is 0 Å². The van der Waals surface area contributed by atoms with E-state index in [-0.39, 0.29) is 0 Å². The van der Waals surface area contributed by atoms with E-state index in [2.05, 4.69) is 41.8 Å². The van der Waals surface area contributed by atoms with Crippen LogP contribution in [0.1, 0.15) is 23.6 Å². The second-order valence-electron chi connectivity index (χ2n) is 10.4. The molecule has 7 heterocycles. The van der Waals surface area contributed by atoms with Crippen molar-refractivity contribution in [1.82, 2.24) is 40.8 Å². The fraction of sp³-hybridized carbons (Fsp3) is 0.194. The Morgan fingerprint density at radius 1 is 0.773 bits per heavy atom. The Bertz CT molecular complexity index is 2060. The Labute approximate surface area is 248 Å². The molecule has 13 nitrogen and oxygen atoms in total. The van der Waals surface area contributed by atoms with Crippen LogP contribution in [0.25, 0.3) is 67.6 Å². The summed E-state index contributed by atoms with van der Waals surface area (Å²) in [5.41, 5.74) is 6.40. The number of H-pyrrole nitrogens is 1. The fourth-order valence-electron chi connectivity index (χ4n) is 6.29. The maximum absolute atomic E-state index is 6.36. The van der Waals surface area contributed by atoms with Crippen molar-refractivity contribution in [2.24, 2.45) is 0 Å². The first-order valence-corrected chi connectivity index (χ1v) is 14.2. The predicted octanol–water partition coefficient (Wildman–Crippen LogP) is 4.98. The normalized spacial score (nSPS) is 18.6. The molecule has 5 aromatic heterocycles. The Hall–Kier alpha value is -5.21. The fourth-order valence-corrected chi connectivity index (χ4v) is 6.29. The zero-order valence-corrected chi connectivity index (χ0v) is 23.1. The third kappa shape index (κ3) is 3.91. The van der Waals surface area contributed by atoms with Gasteiger partial charge in [-0.25, -0.2) is 15.0 Å². The first-order valence-electron chi connectivity index (χ1n) is 14.2. The predicted molar refractivity (Wildman–Crippen MR) is 157 cm³/mol. The van der Waals surface area contributed by atoms with Gasteiger partial charge in [-0.3, -0.25) is 10.6 Å². The lowest BCUT2D eigenvalue weighted by Crippen LogP contribution is -2.20. The zero-order chi connectivity index (χ0) is 29.0. The molecule has 2 saturated heterocycles. The van der Waals surface area contributed by atoms with Gasteiger partial charge in [-0.15, -0.1) is 10.2 Å². The molecule has 2 atom stereocenters. The van der Waals surface area contributed by atoms with E-state index in [0.717, 1.165) is 38.7 Å². The molecule has 3 N–H and O–H groups in total. The topological polar surface area (TPSA) is 162 Å². The number of nitrogens with one attached hydrogen (secondary N) is 3. The number of hydrogen-bond acceptors (Lipinski definition) is 12. The summed E-state index contributed by atoms with van der Waals surface area (Å²) < 4.78 is 31.0. The molecule has 2 unspecified atom stereocenters. The Balaban J connectivity index is 1.52. The SMILES string of the molecule is c1c[nH]c(-c2ccc3c(C4NCCO4)c(-c4nc5cccnc5o4)c(-c4ncco4)c(C4NCCO4)c3c2-c2nnco2)c1. The number of hydrogen-bond donors (Lipinski definition) is 3. The van der Waals surface area contributed by atoms with Crippen LogP contribution in [-0.2, 0) is 9.47 Å². The number of benzene rings is 2. The summed E-state index contributed by atoms with van der Waals surface area (Å²) in [6.45, 7) is 2.36. The second-order valence-corrected chi connectivity index (χ2v) is 10.4. The molecule has 218 valence electrons. The standard InChI is InChI=1S/C31H24N8O5/c1-3-18(32-7-1)16-5-6-17-20(21(16)31-39-37-15-43-31)23(28-35-10-13-41-28)25(29-36-11-14-42-29)24(22(17)27-34-9-12-40-27)30-38-19-4-2-8-33-26(19)44-30/h1-8,11,14-15,27-28,32,34-35H,9-10,12-13H2. The average Bonchev–Trinajstić information content (AvgIpc) is 3.92. The van der Waals surface area contributed by atoms with Crippen LogP contribution < -0.4 is 10.6 Å². The van der Waals surface area contributed by atoms with Crippen LogP contribution in [0.4, 0.5) is 0 Å². The maximum atomic E-state index is 6.36. The van der Waals surface area contributed by atoms with E-state index >= 15 is 0 Å². The highest BCUT2D eigenvalue weighted by atomic mass is 16.5. The largest absolute Gasteiger partial charge is 0.444 e. The van der Waals surface area contributed by atoms with Gasteiger partial charge in [-0.2, -0.15) is 0 Å². The van der Waals surface area contributed by atoms with Gasteiger partial charge in [-0.05, 0) is 29.7 Å². The lowest BCUT2D eigenvalue weighted by molar-refractivity contribution is 0.101. The van der Waals surface area contributed by atoms with Crippen molar-refractivity contribution in [3.8, 4) is 45.6 Å². The molecule has 9 rings (SSSR count). The first kappa shape index (κ1) is 25.3. The highest BCUT2D eigenvalue weighted by Gasteiger charge is 2.37. The molecule has 7 aromatic rings. The zero-order valence-electron chi connectivity index (χ0n) is 23.1. The summed E-state index contributed by atoms with van der Waals surface area (Å²) in [6.07, 6.45) is 7.01. The minimum absolute atomic E-state index is 0.350. The van der Waals surface area contributed by atoms with Gasteiger partial charge >= 0.3 is 0 Å². The monoisotopic (exact) mass is 588 g/mol. The lowest BCUT2D eigenvalue weighted by Gasteiger charge is -2.26. The average molecular weight is 589 g/mol. The highest BCUT2D eigenvalue weighted by Crippen LogP contribution is 2.51. The lowest BCUT2D eigenvalue weighted by atomic mass is 9.83. The van der Waals surface area contributed by atoms with Crippen LogP contribution in [0.2, 0.25) is 0 Å². The van der Waals surface area contributed by atoms with Gasteiger partial charge in [-0.1, -0.05) is 12.1 Å². The van der Waals surface area contributed by atoms with E-state index in [4.69, 9.17) is 27.7 Å². The summed E-state index contributed by atoms with van der Waals surface area (Å²) in [7, 11) is 0. The number of pyridine rings is 1. The molecule has 0 aliphatic carbocycles. The summed E-state index contributed by atoms with van der Waals surface area (Å²) in [6, 6.07) is 11.8. The Kier molecular flexibility index (Phi) is 5.87. The van der Waals surface area contributed by atoms with Gasteiger partial charge in [0.1, 0.15) is 24.2 Å². The van der Waals surface area contributed by atoms with Crippen LogP contribution in [0.3, 0.4) is 0 Å². The number of oxazole rings is 2. The van der Waals surface area contributed by atoms with Crippen molar-refractivity contribution in [2.45, 2.75) is 12.5 Å². The van der Waals surface area contributed by atoms with E-state index in [1.54, 1.807) is 18.7 Å². The van der Waals surface area contributed by atoms with E-state index in [1.807, 2.05) is 36.5 Å². The first-order chi connectivity index (χ1) is 21.8. The number of fused-ring (bicyclic) bond motifs is 2. The summed E-state index contributed by atoms with van der Waals surface area (Å²) in [4.78, 5) is 17.3. The van der Waals surface area contributed by atoms with E-state index in [0.29, 0.717) is 66.3 Å². The molecule has 2 fully saturated rings. The number of rotatable bonds is 6. The molecule has 2 aromatic carbocycles. The highest BCUT2D eigenvalue weighted by molar-refractivity contribution is 6.11. The van der Waals surface area contributed by atoms with Crippen molar-refractivity contribution in [2.75, 3.05) is 26.3 Å². The summed E-state index contributed by atoms with van der Waals surface area (Å²) in [5.74, 6) is 1.07. The molecule has 2 aliphatic heterocycles. The second kappa shape index (κ2) is 10.2. The Morgan fingerprint density at radius 3 is 2.34 bits per heavy atom. The molecule has 13 heteroatoms. The molecular weight excluding hydrogens is 564 g/mol. The van der Waals surface area contributed by atoms with Gasteiger partial charge in [0.2, 0.25) is 29.8 Å². The van der Waals surface area contributed by atoms with E-state index in [9.17, 15) is 0 Å². The van der Waals surface area contributed by atoms with Crippen LogP contribution in [0, 0.1) is 0 Å². The third-order valence-corrected chi connectivity index (χ3v) is 8.00. The summed E-state index contributed by atoms with van der Waals surface area (Å²) >= 11 is 0. The Morgan fingerprint density at radius 2 is 1.64 bits per heavy atom. The van der Waals surface area contributed by atoms with Crippen molar-refractivity contribution < 1.29 is 22.7 Å². The molecule has 0 bridgehead atoms. The van der Waals surface area contributed by atoms with Gasteiger partial charge in [0, 0.05) is 53.3 Å². The summed E-state index contributed by atoms with van der Waals surface area (Å²) in [5, 5.41) is 17.1. The van der Waals surface area contributed by atoms with E-state index in [1.165, 1.54) is 6.39 Å². The molecule has 2 aliphatic rings. The van der Waals surface area contributed by atoms with Gasteiger partial charge in [0.05, 0.1) is 36.1 Å². The number of ether oxygens (including phenoxy) is 2. The van der Waals surface area contributed by atoms with Crippen molar-refractivity contribution in [3.05, 3.63) is 78.8 Å². The molecule has 0 spiro atoms. The minimum Gasteiger partial charge on any atom is -0.444 e. The van der Waals surface area contributed by atoms with Crippen molar-refractivity contribution in [1.29, 1.82) is 0 Å². The third-order valence-electron chi connectivity index (χ3n) is 8.00. The number of nitrogens with zero attached hydrogens (tertiary/aromatic N) is 5. The molecule has 0 amide bonds. The minimum atomic E-state index is -0.535. The van der Waals surface area contributed by atoms with Crippen LogP contribution >= 0.6 is 0 Å². The van der Waals surface area contributed by atoms with Gasteiger partial charge in [0.15, 0.2) is 0 Å². The van der Waals surface area contributed by atoms with Crippen molar-refractivity contribution in [3.63, 3.8) is 0 Å². The van der Waals surface area contributed by atoms with Crippen molar-refractivity contribution >= 4 is 22.0 Å². The van der Waals surface area contributed by atoms with Gasteiger partial charge < -0.3 is 27.7 Å². The molecule has 44 heavy (non-hydrogen) atoms. The smallest absolute Gasteiger partial charge is 0.248 e. The number of aromatic amines is 1. The van der Waals surface area contributed by atoms with Crippen LogP contribution in [0.5, 0.6) is 0 Å². The maximum Gasteiger partial charge on any atom is 0.248 e. The van der Waals surface area contributed by atoms with Crippen LogP contribution in [0.15, 0.2) is 80.9 Å². The molecule has 0 radical (unpaired) electrons.